The molecule has 12 heteroatoms. The normalized spacial score (nSPS) is 22.5. The van der Waals surface area contributed by atoms with Crippen molar-refractivity contribution in [1.82, 2.24) is 0 Å². The topological polar surface area (TPSA) is 139 Å². The first-order valence-electron chi connectivity index (χ1n) is 16.2. The maximum atomic E-state index is 14.1. The molecule has 3 aromatic rings. The van der Waals surface area contributed by atoms with Gasteiger partial charge >= 0.3 is 7.12 Å². The second-order valence-corrected chi connectivity index (χ2v) is 12.9. The zero-order valence-corrected chi connectivity index (χ0v) is 27.2. The van der Waals surface area contributed by atoms with E-state index in [-0.39, 0.29) is 36.5 Å². The molecule has 10 nitrogen and oxygen atoms in total. The summed E-state index contributed by atoms with van der Waals surface area (Å²) in [4.78, 5) is 40.1. The van der Waals surface area contributed by atoms with Crippen LogP contribution in [0.2, 0.25) is 11.3 Å². The Balaban J connectivity index is 1.34. The molecular formula is C36H36BClN2O8. The Kier molecular flexibility index (Phi) is 10.0. The molecule has 2 N–H and O–H groups in total. The number of carbonyl (C=O) groups excluding carboxylic acids is 2. The number of nitrogens with zero attached hydrogens (tertiary/aromatic N) is 2. The number of aromatic hydroxyl groups is 1. The van der Waals surface area contributed by atoms with Gasteiger partial charge in [0.25, 0.3) is 5.69 Å². The van der Waals surface area contributed by atoms with E-state index in [0.29, 0.717) is 23.6 Å². The number of amides is 2. The predicted octanol–water partition coefficient (Wildman–Crippen LogP) is 7.00. The number of hydrogen-bond donors (Lipinski definition) is 2. The number of non-ortho nitro benzene ring substituents is 1. The largest absolute Gasteiger partial charge is 0.508 e. The maximum Gasteiger partial charge on any atom is 0.455 e. The van der Waals surface area contributed by atoms with Crippen LogP contribution in [0.4, 0.5) is 11.4 Å². The zero-order valence-electron chi connectivity index (χ0n) is 26.5. The Bertz CT molecular complexity index is 1780. The van der Waals surface area contributed by atoms with Crippen molar-refractivity contribution in [2.24, 2.45) is 17.8 Å². The minimum atomic E-state index is -1.15. The van der Waals surface area contributed by atoms with E-state index < -0.39 is 47.7 Å². The monoisotopic (exact) mass is 670 g/mol. The van der Waals surface area contributed by atoms with Crippen molar-refractivity contribution in [3.8, 4) is 11.5 Å². The van der Waals surface area contributed by atoms with Gasteiger partial charge in [-0.25, -0.2) is 4.90 Å². The lowest BCUT2D eigenvalue weighted by atomic mass is 9.58. The highest BCUT2D eigenvalue weighted by molar-refractivity contribution is 6.43. The standard InChI is InChI=1S/C36H36BClN2O8/c1-2-7-22(16-23-13-14-27(41)19-31(23)38)12-15-32-33-24(21-47-28-10-4-3-5-11-28)17-29-34(30(33)20-37(44)48-32)36(43)39(35(29)42)25-8-6-9-26(18-25)40(45)46/h3-6,8-11,13-14,16,18-19,29-30,32,34,41,44H,2,7,12,15,17,20-21H2,1H3/b22-16+/t29-,30+,32-,34-/m1/s1. The quantitative estimate of drug-likeness (QED) is 0.0731. The summed E-state index contributed by atoms with van der Waals surface area (Å²) in [6.45, 7) is 2.26. The molecule has 0 saturated carbocycles. The van der Waals surface area contributed by atoms with E-state index >= 15 is 0 Å². The second kappa shape index (κ2) is 14.4. The lowest BCUT2D eigenvalue weighted by molar-refractivity contribution is -0.384. The van der Waals surface area contributed by atoms with Crippen molar-refractivity contribution in [3.63, 3.8) is 0 Å². The van der Waals surface area contributed by atoms with Crippen molar-refractivity contribution in [1.29, 1.82) is 0 Å². The number of nitro groups is 1. The average molecular weight is 671 g/mol. The van der Waals surface area contributed by atoms with E-state index in [1.807, 2.05) is 36.4 Å². The molecule has 0 unspecified atom stereocenters. The fourth-order valence-corrected chi connectivity index (χ4v) is 7.57. The van der Waals surface area contributed by atoms with Crippen LogP contribution in [0.15, 0.2) is 89.5 Å². The summed E-state index contributed by atoms with van der Waals surface area (Å²) in [5.74, 6) is -2.06. The molecule has 0 bridgehead atoms. The number of phenolic OH excluding ortho intramolecular Hbond substituents is 1. The number of carbonyl (C=O) groups is 2. The molecule has 3 aromatic carbocycles. The number of phenols is 1. The van der Waals surface area contributed by atoms with Crippen LogP contribution in [0.5, 0.6) is 11.5 Å². The van der Waals surface area contributed by atoms with Gasteiger partial charge in [-0.15, -0.1) is 0 Å². The summed E-state index contributed by atoms with van der Waals surface area (Å²) in [5, 5.41) is 32.7. The number of rotatable bonds is 11. The van der Waals surface area contributed by atoms with Gasteiger partial charge in [0.1, 0.15) is 18.1 Å². The highest BCUT2D eigenvalue weighted by Crippen LogP contribution is 2.51. The first-order valence-corrected chi connectivity index (χ1v) is 16.6. The van der Waals surface area contributed by atoms with Gasteiger partial charge in [0.15, 0.2) is 0 Å². The van der Waals surface area contributed by atoms with Crippen molar-refractivity contribution >= 4 is 48.0 Å². The number of halogens is 1. The van der Waals surface area contributed by atoms with Gasteiger partial charge in [0, 0.05) is 12.1 Å². The molecule has 2 amide bonds. The third kappa shape index (κ3) is 6.90. The average Bonchev–Trinajstić information content (AvgIpc) is 3.32. The lowest BCUT2D eigenvalue weighted by Crippen LogP contribution is -2.46. The number of allylic oxidation sites excluding steroid dienone is 1. The summed E-state index contributed by atoms with van der Waals surface area (Å²) in [6, 6.07) is 19.7. The Labute approximate surface area is 283 Å². The van der Waals surface area contributed by atoms with Gasteiger partial charge < -0.3 is 19.5 Å². The zero-order chi connectivity index (χ0) is 33.9. The fraction of sp³-hybridized carbons (Fsp3) is 0.333. The first kappa shape index (κ1) is 33.5. The molecule has 4 atom stereocenters. The smallest absolute Gasteiger partial charge is 0.455 e. The second-order valence-electron chi connectivity index (χ2n) is 12.5. The first-order chi connectivity index (χ1) is 23.1. The van der Waals surface area contributed by atoms with Gasteiger partial charge in [-0.1, -0.05) is 60.9 Å². The number of ether oxygens (including phenoxy) is 1. The van der Waals surface area contributed by atoms with Crippen molar-refractivity contribution in [3.05, 3.63) is 110 Å². The molecule has 48 heavy (non-hydrogen) atoms. The fourth-order valence-electron chi connectivity index (χ4n) is 7.34. The highest BCUT2D eigenvalue weighted by Gasteiger charge is 2.57. The minimum absolute atomic E-state index is 0.0848. The Morgan fingerprint density at radius 2 is 1.88 bits per heavy atom. The van der Waals surface area contributed by atoms with Gasteiger partial charge in [0.2, 0.25) is 11.8 Å². The lowest BCUT2D eigenvalue weighted by Gasteiger charge is -2.43. The van der Waals surface area contributed by atoms with Gasteiger partial charge in [-0.2, -0.15) is 0 Å². The van der Waals surface area contributed by atoms with Crippen LogP contribution >= 0.6 is 11.6 Å². The molecule has 6 rings (SSSR count). The number of nitro benzene ring substituents is 1. The van der Waals surface area contributed by atoms with Crippen LogP contribution < -0.4 is 9.64 Å². The molecule has 2 fully saturated rings. The van der Waals surface area contributed by atoms with E-state index in [9.17, 15) is 29.8 Å². The van der Waals surface area contributed by atoms with E-state index in [2.05, 4.69) is 6.92 Å². The Morgan fingerprint density at radius 3 is 2.60 bits per heavy atom. The number of para-hydroxylation sites is 1. The van der Waals surface area contributed by atoms with Crippen molar-refractivity contribution in [2.45, 2.75) is 51.5 Å². The van der Waals surface area contributed by atoms with Crippen LogP contribution in [0.3, 0.4) is 0 Å². The number of hydrogen-bond acceptors (Lipinski definition) is 8. The van der Waals surface area contributed by atoms with E-state index in [4.69, 9.17) is 21.0 Å². The number of benzene rings is 3. The molecule has 0 aromatic heterocycles. The Morgan fingerprint density at radius 1 is 1.08 bits per heavy atom. The number of fused-ring (bicyclic) bond motifs is 3. The van der Waals surface area contributed by atoms with Crippen LogP contribution in [0.25, 0.3) is 6.08 Å². The summed E-state index contributed by atoms with van der Waals surface area (Å²) in [5.41, 5.74) is 3.57. The highest BCUT2D eigenvalue weighted by atomic mass is 35.5. The van der Waals surface area contributed by atoms with Gasteiger partial charge in [0.05, 0.1) is 33.6 Å². The van der Waals surface area contributed by atoms with E-state index in [1.165, 1.54) is 30.3 Å². The molecule has 1 aliphatic carbocycles. The third-order valence-corrected chi connectivity index (χ3v) is 9.73. The van der Waals surface area contributed by atoms with E-state index in [1.54, 1.807) is 12.1 Å². The Hall–Kier alpha value is -4.45. The summed E-state index contributed by atoms with van der Waals surface area (Å²) < 4.78 is 12.4. The van der Waals surface area contributed by atoms with Gasteiger partial charge in [-0.3, -0.25) is 19.7 Å². The molecule has 2 aliphatic heterocycles. The van der Waals surface area contributed by atoms with Crippen LogP contribution in [0.1, 0.15) is 44.6 Å². The summed E-state index contributed by atoms with van der Waals surface area (Å²) in [6.07, 6.45) is 4.68. The van der Waals surface area contributed by atoms with Gasteiger partial charge in [-0.05, 0) is 91.0 Å². The molecule has 3 aliphatic rings. The maximum absolute atomic E-state index is 14.1. The van der Waals surface area contributed by atoms with E-state index in [0.717, 1.165) is 40.0 Å². The number of imide groups is 1. The van der Waals surface area contributed by atoms with Crippen LogP contribution in [-0.2, 0) is 14.2 Å². The molecule has 2 saturated heterocycles. The summed E-state index contributed by atoms with van der Waals surface area (Å²) >= 11 is 6.41. The molecule has 2 heterocycles. The SMILES string of the molecule is CCC/C(=C\c1ccc(O)cc1Cl)CC[C@H]1OB(O)C[C@H]2C1=C(COc1ccccc1)C[C@H]1C(=O)N(c3cccc([N+](=O)[O-])c3)C(=O)[C@H]12. The molecule has 0 spiro atoms. The molecular weight excluding hydrogens is 635 g/mol. The number of anilines is 1. The minimum Gasteiger partial charge on any atom is -0.508 e. The summed E-state index contributed by atoms with van der Waals surface area (Å²) in [7, 11) is -1.15. The van der Waals surface area contributed by atoms with Crippen molar-refractivity contribution in [2.75, 3.05) is 11.5 Å². The van der Waals surface area contributed by atoms with Crippen molar-refractivity contribution < 1.29 is 34.0 Å². The van der Waals surface area contributed by atoms with Crippen LogP contribution in [0, 0.1) is 27.9 Å². The predicted molar refractivity (Wildman–Crippen MR) is 183 cm³/mol. The molecule has 0 radical (unpaired) electrons. The van der Waals surface area contributed by atoms with Crippen LogP contribution in [-0.4, -0.2) is 46.7 Å². The molecule has 248 valence electrons. The third-order valence-electron chi connectivity index (χ3n) is 9.41.